The van der Waals surface area contributed by atoms with Gasteiger partial charge in [-0.3, -0.25) is 0 Å². The second-order valence-corrected chi connectivity index (χ2v) is 5.51. The second kappa shape index (κ2) is 4.82. The van der Waals surface area contributed by atoms with Gasteiger partial charge >= 0.3 is 0 Å². The Labute approximate surface area is 75.6 Å². The third-order valence-corrected chi connectivity index (χ3v) is 4.11. The van der Waals surface area contributed by atoms with Crippen LogP contribution in [0.3, 0.4) is 0 Å². The van der Waals surface area contributed by atoms with E-state index in [0.717, 1.165) is 6.42 Å². The molecule has 0 saturated heterocycles. The van der Waals surface area contributed by atoms with E-state index >= 15 is 0 Å². The zero-order chi connectivity index (χ0) is 9.78. The summed E-state index contributed by atoms with van der Waals surface area (Å²) in [5.41, 5.74) is 0. The van der Waals surface area contributed by atoms with Crippen molar-refractivity contribution in [2.45, 2.75) is 39.4 Å². The lowest BCUT2D eigenvalue weighted by molar-refractivity contribution is 0.533. The first-order valence-corrected chi connectivity index (χ1v) is 5.95. The van der Waals surface area contributed by atoms with E-state index in [2.05, 4.69) is 4.72 Å². The molecule has 0 bridgehead atoms. The van der Waals surface area contributed by atoms with E-state index < -0.39 is 10.0 Å². The molecule has 4 heteroatoms. The summed E-state index contributed by atoms with van der Waals surface area (Å²) in [5, 5.41) is -0.302. The topological polar surface area (TPSA) is 46.2 Å². The summed E-state index contributed by atoms with van der Waals surface area (Å²) >= 11 is 0. The number of hydrogen-bond acceptors (Lipinski definition) is 2. The predicted octanol–water partition coefficient (Wildman–Crippen LogP) is 1.36. The van der Waals surface area contributed by atoms with Gasteiger partial charge in [0.2, 0.25) is 10.0 Å². The third kappa shape index (κ3) is 3.54. The van der Waals surface area contributed by atoms with Crippen molar-refractivity contribution >= 4 is 10.0 Å². The molecule has 0 saturated carbocycles. The number of nitrogens with one attached hydrogen (secondary N) is 1. The Morgan fingerprint density at radius 3 is 2.08 bits per heavy atom. The van der Waals surface area contributed by atoms with Gasteiger partial charge in [-0.2, -0.15) is 0 Å². The molecule has 0 radical (unpaired) electrons. The van der Waals surface area contributed by atoms with Crippen LogP contribution in [0.15, 0.2) is 0 Å². The van der Waals surface area contributed by atoms with Crippen molar-refractivity contribution in [2.24, 2.45) is 5.92 Å². The minimum atomic E-state index is -3.07. The van der Waals surface area contributed by atoms with E-state index in [1.54, 1.807) is 6.92 Å². The van der Waals surface area contributed by atoms with Gasteiger partial charge in [0.05, 0.1) is 5.25 Å². The van der Waals surface area contributed by atoms with Crippen molar-refractivity contribution < 1.29 is 8.42 Å². The molecule has 0 amide bonds. The lowest BCUT2D eigenvalue weighted by atomic mass is 10.2. The lowest BCUT2D eigenvalue weighted by Gasteiger charge is -2.16. The van der Waals surface area contributed by atoms with Gasteiger partial charge < -0.3 is 0 Å². The number of sulfonamides is 1. The molecule has 0 aromatic carbocycles. The lowest BCUT2D eigenvalue weighted by Crippen LogP contribution is -2.35. The molecule has 0 fully saturated rings. The quantitative estimate of drug-likeness (QED) is 0.716. The third-order valence-electron chi connectivity index (χ3n) is 1.98. The summed E-state index contributed by atoms with van der Waals surface area (Å²) in [6.07, 6.45) is 0.837. The molecule has 0 aromatic rings. The molecular formula is C8H19NO2S. The summed E-state index contributed by atoms with van der Waals surface area (Å²) in [7, 11) is -3.07. The maximum Gasteiger partial charge on any atom is 0.214 e. The van der Waals surface area contributed by atoms with E-state index in [9.17, 15) is 8.42 Å². The van der Waals surface area contributed by atoms with Gasteiger partial charge in [-0.25, -0.2) is 13.1 Å². The Morgan fingerprint density at radius 1 is 1.25 bits per heavy atom. The average molecular weight is 193 g/mol. The normalized spacial score (nSPS) is 15.1. The molecule has 0 rings (SSSR count). The van der Waals surface area contributed by atoms with Crippen LogP contribution in [-0.2, 0) is 10.0 Å². The van der Waals surface area contributed by atoms with Crippen LogP contribution < -0.4 is 4.72 Å². The highest BCUT2D eigenvalue weighted by molar-refractivity contribution is 7.90. The fraction of sp³-hybridized carbons (Fsp3) is 1.00. The average Bonchev–Trinajstić information content (AvgIpc) is 1.99. The first-order chi connectivity index (χ1) is 5.41. The Morgan fingerprint density at radius 2 is 1.75 bits per heavy atom. The first kappa shape index (κ1) is 11.9. The molecule has 1 atom stereocenters. The standard InChI is InChI=1S/C8H19NO2S/c1-5-6-9-12(10,11)8(4)7(2)3/h7-9H,5-6H2,1-4H3/t8-/m0/s1. The Bertz CT molecular complexity index is 209. The largest absolute Gasteiger partial charge is 0.215 e. The summed E-state index contributed by atoms with van der Waals surface area (Å²) in [5.74, 6) is 0.166. The van der Waals surface area contributed by atoms with Crippen molar-refractivity contribution in [1.29, 1.82) is 0 Å². The molecule has 12 heavy (non-hydrogen) atoms. The molecule has 0 unspecified atom stereocenters. The Balaban J connectivity index is 4.21. The summed E-state index contributed by atoms with van der Waals surface area (Å²) in [4.78, 5) is 0. The van der Waals surface area contributed by atoms with Crippen molar-refractivity contribution in [3.8, 4) is 0 Å². The van der Waals surface area contributed by atoms with Crippen LogP contribution in [0, 0.1) is 5.92 Å². The molecule has 3 nitrogen and oxygen atoms in total. The minimum Gasteiger partial charge on any atom is -0.215 e. The van der Waals surface area contributed by atoms with Gasteiger partial charge in [0.15, 0.2) is 0 Å². The van der Waals surface area contributed by atoms with Crippen molar-refractivity contribution in [3.63, 3.8) is 0 Å². The molecule has 0 aliphatic carbocycles. The van der Waals surface area contributed by atoms with Crippen LogP contribution in [0.1, 0.15) is 34.1 Å². The SMILES string of the molecule is CCCNS(=O)(=O)[C@@H](C)C(C)C. The van der Waals surface area contributed by atoms with Crippen LogP contribution in [0.25, 0.3) is 0 Å². The second-order valence-electron chi connectivity index (χ2n) is 3.39. The van der Waals surface area contributed by atoms with E-state index in [1.165, 1.54) is 0 Å². The van der Waals surface area contributed by atoms with Gasteiger partial charge in [0, 0.05) is 6.54 Å². The summed E-state index contributed by atoms with van der Waals surface area (Å²) in [6.45, 7) is 8.05. The smallest absolute Gasteiger partial charge is 0.214 e. The monoisotopic (exact) mass is 193 g/mol. The Hall–Kier alpha value is -0.0900. The fourth-order valence-electron chi connectivity index (χ4n) is 0.734. The van der Waals surface area contributed by atoms with E-state index in [-0.39, 0.29) is 11.2 Å². The molecule has 1 N–H and O–H groups in total. The zero-order valence-corrected chi connectivity index (χ0v) is 9.11. The van der Waals surface area contributed by atoms with E-state index in [0.29, 0.717) is 6.54 Å². The predicted molar refractivity (Wildman–Crippen MR) is 51.5 cm³/mol. The molecule has 0 aromatic heterocycles. The summed E-state index contributed by atoms with van der Waals surface area (Å²) < 4.78 is 25.4. The highest BCUT2D eigenvalue weighted by atomic mass is 32.2. The molecular weight excluding hydrogens is 174 g/mol. The van der Waals surface area contributed by atoms with Crippen LogP contribution in [0.2, 0.25) is 0 Å². The molecule has 0 heterocycles. The maximum atomic E-state index is 11.4. The van der Waals surface area contributed by atoms with Gasteiger partial charge in [0.25, 0.3) is 0 Å². The van der Waals surface area contributed by atoms with Crippen molar-refractivity contribution in [3.05, 3.63) is 0 Å². The maximum absolute atomic E-state index is 11.4. The van der Waals surface area contributed by atoms with Crippen molar-refractivity contribution in [2.75, 3.05) is 6.54 Å². The summed E-state index contributed by atoms with van der Waals surface area (Å²) in [6, 6.07) is 0. The minimum absolute atomic E-state index is 0.166. The molecule has 74 valence electrons. The first-order valence-electron chi connectivity index (χ1n) is 4.40. The van der Waals surface area contributed by atoms with Gasteiger partial charge in [-0.15, -0.1) is 0 Å². The van der Waals surface area contributed by atoms with E-state index in [1.807, 2.05) is 20.8 Å². The van der Waals surface area contributed by atoms with Crippen LogP contribution in [0.5, 0.6) is 0 Å². The van der Waals surface area contributed by atoms with Crippen molar-refractivity contribution in [1.82, 2.24) is 4.72 Å². The highest BCUT2D eigenvalue weighted by Crippen LogP contribution is 2.09. The van der Waals surface area contributed by atoms with Crippen LogP contribution >= 0.6 is 0 Å². The van der Waals surface area contributed by atoms with E-state index in [4.69, 9.17) is 0 Å². The fourth-order valence-corrected chi connectivity index (χ4v) is 2.20. The van der Waals surface area contributed by atoms with Crippen LogP contribution in [-0.4, -0.2) is 20.2 Å². The molecule has 0 aliphatic rings. The van der Waals surface area contributed by atoms with Gasteiger partial charge in [-0.1, -0.05) is 20.8 Å². The highest BCUT2D eigenvalue weighted by Gasteiger charge is 2.22. The Kier molecular flexibility index (Phi) is 4.78. The zero-order valence-electron chi connectivity index (χ0n) is 8.29. The van der Waals surface area contributed by atoms with Gasteiger partial charge in [0.1, 0.15) is 0 Å². The molecule has 0 aliphatic heterocycles. The number of hydrogen-bond donors (Lipinski definition) is 1. The number of rotatable bonds is 5. The molecule has 0 spiro atoms. The van der Waals surface area contributed by atoms with Crippen LogP contribution in [0.4, 0.5) is 0 Å². The van der Waals surface area contributed by atoms with Gasteiger partial charge in [-0.05, 0) is 19.3 Å².